The predicted octanol–water partition coefficient (Wildman–Crippen LogP) is 1.79. The molecule has 19 heavy (non-hydrogen) atoms. The Balaban J connectivity index is 2.28. The molecule has 1 unspecified atom stereocenters. The van der Waals surface area contributed by atoms with Gasteiger partial charge in [0, 0.05) is 17.8 Å². The van der Waals surface area contributed by atoms with Crippen molar-refractivity contribution in [1.29, 1.82) is 0 Å². The Kier molecular flexibility index (Phi) is 4.50. The number of aliphatic hydroxyl groups excluding tert-OH is 1. The lowest BCUT2D eigenvalue weighted by molar-refractivity contribution is 0.240. The summed E-state index contributed by atoms with van der Waals surface area (Å²) in [5.41, 5.74) is 7.00. The summed E-state index contributed by atoms with van der Waals surface area (Å²) in [6, 6.07) is 5.55. The van der Waals surface area contributed by atoms with Crippen molar-refractivity contribution >= 4 is 23.1 Å². The van der Waals surface area contributed by atoms with Crippen molar-refractivity contribution in [2.45, 2.75) is 25.3 Å². The van der Waals surface area contributed by atoms with Crippen LogP contribution >= 0.6 is 11.6 Å². The van der Waals surface area contributed by atoms with Gasteiger partial charge in [-0.15, -0.1) is 0 Å². The molecule has 4 N–H and O–H groups in total. The third kappa shape index (κ3) is 2.93. The number of rotatable bonds is 3. The van der Waals surface area contributed by atoms with Crippen LogP contribution < -0.4 is 10.6 Å². The van der Waals surface area contributed by atoms with Crippen LogP contribution in [0.25, 0.3) is 0 Å². The average molecular weight is 284 g/mol. The highest BCUT2D eigenvalue weighted by Gasteiger charge is 2.22. The average Bonchev–Trinajstić information content (AvgIpc) is 2.46. The van der Waals surface area contributed by atoms with E-state index in [1.165, 1.54) is 0 Å². The minimum atomic E-state index is -0.00565. The molecule has 104 valence electrons. The molecule has 0 radical (unpaired) electrons. The van der Waals surface area contributed by atoms with Crippen molar-refractivity contribution in [3.63, 3.8) is 0 Å². The second-order valence-electron chi connectivity index (χ2n) is 4.67. The monoisotopic (exact) mass is 283 g/mol. The molecule has 1 aromatic carbocycles. The van der Waals surface area contributed by atoms with Gasteiger partial charge >= 0.3 is 0 Å². The van der Waals surface area contributed by atoms with Crippen molar-refractivity contribution < 1.29 is 10.3 Å². The zero-order valence-corrected chi connectivity index (χ0v) is 11.3. The maximum Gasteiger partial charge on any atom is 0.171 e. The van der Waals surface area contributed by atoms with Crippen LogP contribution in [-0.4, -0.2) is 35.3 Å². The Morgan fingerprint density at radius 2 is 2.26 bits per heavy atom. The van der Waals surface area contributed by atoms with Crippen molar-refractivity contribution in [3.05, 3.63) is 28.8 Å². The maximum absolute atomic E-state index is 9.43. The highest BCUT2D eigenvalue weighted by molar-refractivity contribution is 6.34. The number of aliphatic hydroxyl groups is 1. The maximum atomic E-state index is 9.43. The number of hydrogen-bond acceptors (Lipinski definition) is 4. The van der Waals surface area contributed by atoms with E-state index in [0.717, 1.165) is 31.5 Å². The highest BCUT2D eigenvalue weighted by atomic mass is 35.5. The molecule has 1 aliphatic rings. The van der Waals surface area contributed by atoms with E-state index in [2.05, 4.69) is 10.1 Å². The summed E-state index contributed by atoms with van der Waals surface area (Å²) in [7, 11) is 0. The number of piperidine rings is 1. The molecule has 0 amide bonds. The molecule has 0 bridgehead atoms. The molecule has 6 heteroatoms. The summed E-state index contributed by atoms with van der Waals surface area (Å²) in [5.74, 6) is -0.00565. The number of halogens is 1. The first-order chi connectivity index (χ1) is 9.17. The molecule has 0 aromatic heterocycles. The number of oxime groups is 1. The van der Waals surface area contributed by atoms with Crippen LogP contribution in [0.3, 0.4) is 0 Å². The number of amidine groups is 1. The number of anilines is 1. The van der Waals surface area contributed by atoms with E-state index in [0.29, 0.717) is 10.6 Å². The fraction of sp³-hybridized carbons (Fsp3) is 0.462. The molecule has 1 aromatic rings. The van der Waals surface area contributed by atoms with Gasteiger partial charge in [-0.05, 0) is 37.5 Å². The van der Waals surface area contributed by atoms with E-state index >= 15 is 0 Å². The molecule has 0 spiro atoms. The smallest absolute Gasteiger partial charge is 0.171 e. The predicted molar refractivity (Wildman–Crippen MR) is 76.0 cm³/mol. The Morgan fingerprint density at radius 1 is 1.47 bits per heavy atom. The number of benzene rings is 1. The Morgan fingerprint density at radius 3 is 2.89 bits per heavy atom. The number of nitrogens with zero attached hydrogens (tertiary/aromatic N) is 2. The van der Waals surface area contributed by atoms with Gasteiger partial charge in [0.1, 0.15) is 0 Å². The van der Waals surface area contributed by atoms with Crippen molar-refractivity contribution in [2.75, 3.05) is 18.1 Å². The summed E-state index contributed by atoms with van der Waals surface area (Å²) in [5, 5.41) is 21.5. The normalized spacial score (nSPS) is 20.6. The lowest BCUT2D eigenvalue weighted by atomic mass is 10.0. The zero-order chi connectivity index (χ0) is 13.8. The Labute approximate surface area is 117 Å². The molecular formula is C13H18ClN3O2. The summed E-state index contributed by atoms with van der Waals surface area (Å²) >= 11 is 6.15. The summed E-state index contributed by atoms with van der Waals surface area (Å²) < 4.78 is 0. The van der Waals surface area contributed by atoms with Gasteiger partial charge in [0.05, 0.1) is 17.7 Å². The molecule has 1 aliphatic heterocycles. The van der Waals surface area contributed by atoms with Crippen LogP contribution in [0, 0.1) is 0 Å². The second kappa shape index (κ2) is 6.12. The van der Waals surface area contributed by atoms with Gasteiger partial charge in [-0.2, -0.15) is 0 Å². The van der Waals surface area contributed by atoms with Crippen LogP contribution in [0.2, 0.25) is 5.02 Å². The highest BCUT2D eigenvalue weighted by Crippen LogP contribution is 2.28. The topological polar surface area (TPSA) is 82.1 Å². The second-order valence-corrected chi connectivity index (χ2v) is 5.08. The molecular weight excluding hydrogens is 266 g/mol. The van der Waals surface area contributed by atoms with Crippen molar-refractivity contribution in [3.8, 4) is 0 Å². The molecule has 1 saturated heterocycles. The fourth-order valence-corrected chi connectivity index (χ4v) is 2.75. The molecule has 1 atom stereocenters. The van der Waals surface area contributed by atoms with E-state index in [1.54, 1.807) is 12.1 Å². The molecule has 0 saturated carbocycles. The van der Waals surface area contributed by atoms with E-state index in [9.17, 15) is 5.11 Å². The first-order valence-corrected chi connectivity index (χ1v) is 6.70. The van der Waals surface area contributed by atoms with Gasteiger partial charge in [-0.3, -0.25) is 0 Å². The van der Waals surface area contributed by atoms with Gasteiger partial charge in [0.2, 0.25) is 0 Å². The summed E-state index contributed by atoms with van der Waals surface area (Å²) in [4.78, 5) is 2.16. The molecule has 1 fully saturated rings. The Bertz CT molecular complexity index is 479. The van der Waals surface area contributed by atoms with Gasteiger partial charge in [0.15, 0.2) is 5.84 Å². The van der Waals surface area contributed by atoms with Crippen molar-refractivity contribution in [2.24, 2.45) is 10.9 Å². The molecule has 5 nitrogen and oxygen atoms in total. The first-order valence-electron chi connectivity index (χ1n) is 6.32. The lowest BCUT2D eigenvalue weighted by Crippen LogP contribution is -2.41. The van der Waals surface area contributed by atoms with Crippen LogP contribution in [0.5, 0.6) is 0 Å². The summed E-state index contributed by atoms with van der Waals surface area (Å²) in [6.07, 6.45) is 3.23. The fourth-order valence-electron chi connectivity index (χ4n) is 2.47. The quantitative estimate of drug-likeness (QED) is 0.342. The van der Waals surface area contributed by atoms with E-state index in [4.69, 9.17) is 22.5 Å². The third-order valence-corrected chi connectivity index (χ3v) is 3.82. The molecule has 1 heterocycles. The number of nitrogens with two attached hydrogens (primary N) is 1. The molecule has 2 rings (SSSR count). The van der Waals surface area contributed by atoms with E-state index in [-0.39, 0.29) is 18.5 Å². The van der Waals surface area contributed by atoms with Gasteiger partial charge in [0.25, 0.3) is 0 Å². The first kappa shape index (κ1) is 14.0. The Hall–Kier alpha value is -1.46. The van der Waals surface area contributed by atoms with E-state index < -0.39 is 0 Å². The van der Waals surface area contributed by atoms with Crippen molar-refractivity contribution in [1.82, 2.24) is 0 Å². The van der Waals surface area contributed by atoms with Crippen LogP contribution in [0.15, 0.2) is 23.4 Å². The van der Waals surface area contributed by atoms with Crippen LogP contribution in [-0.2, 0) is 0 Å². The zero-order valence-electron chi connectivity index (χ0n) is 10.6. The SMILES string of the molecule is NC(=NO)c1ccc(N2CCCCC2CO)cc1Cl. The van der Waals surface area contributed by atoms with Crippen LogP contribution in [0.1, 0.15) is 24.8 Å². The van der Waals surface area contributed by atoms with Gasteiger partial charge in [-0.1, -0.05) is 16.8 Å². The third-order valence-electron chi connectivity index (χ3n) is 3.51. The van der Waals surface area contributed by atoms with Gasteiger partial charge in [-0.25, -0.2) is 0 Å². The summed E-state index contributed by atoms with van der Waals surface area (Å²) in [6.45, 7) is 1.05. The standard InChI is InChI=1S/C13H18ClN3O2/c14-12-7-9(4-5-11(12)13(15)16-19)17-6-2-1-3-10(17)8-18/h4-5,7,10,18-19H,1-3,6,8H2,(H2,15,16). The minimum Gasteiger partial charge on any atom is -0.409 e. The van der Waals surface area contributed by atoms with Crippen LogP contribution in [0.4, 0.5) is 5.69 Å². The van der Waals surface area contributed by atoms with Gasteiger partial charge < -0.3 is 20.9 Å². The van der Waals surface area contributed by atoms with E-state index in [1.807, 2.05) is 6.07 Å². The number of hydrogen-bond donors (Lipinski definition) is 3. The molecule has 0 aliphatic carbocycles. The largest absolute Gasteiger partial charge is 0.409 e. The lowest BCUT2D eigenvalue weighted by Gasteiger charge is -2.36. The minimum absolute atomic E-state index is 0.00565.